The molecule has 1 saturated heterocycles. The number of piperidine rings is 1. The summed E-state index contributed by atoms with van der Waals surface area (Å²) in [6.07, 6.45) is 3.67. The molecule has 10 heteroatoms. The number of nitrogens with one attached hydrogen (secondary N) is 3. The summed E-state index contributed by atoms with van der Waals surface area (Å²) in [7, 11) is -3.82. The molecule has 3 rings (SSSR count). The van der Waals surface area contributed by atoms with Crippen LogP contribution in [0.15, 0.2) is 47.6 Å². The van der Waals surface area contributed by atoms with Crippen LogP contribution in [0.25, 0.3) is 0 Å². The van der Waals surface area contributed by atoms with Gasteiger partial charge in [-0.2, -0.15) is 0 Å². The van der Waals surface area contributed by atoms with E-state index in [2.05, 4.69) is 25.3 Å². The van der Waals surface area contributed by atoms with Crippen LogP contribution in [0.4, 0.5) is 11.6 Å². The van der Waals surface area contributed by atoms with E-state index in [1.807, 2.05) is 0 Å². The zero-order chi connectivity index (χ0) is 18.6. The fraction of sp³-hybridized carbons (Fsp3) is 0.250. The Bertz CT molecular complexity index is 890. The van der Waals surface area contributed by atoms with Gasteiger partial charge in [-0.05, 0) is 36.8 Å². The van der Waals surface area contributed by atoms with Crippen LogP contribution in [-0.2, 0) is 19.6 Å². The van der Waals surface area contributed by atoms with Crippen LogP contribution < -0.4 is 15.4 Å². The van der Waals surface area contributed by atoms with Gasteiger partial charge in [-0.3, -0.25) is 9.59 Å². The van der Waals surface area contributed by atoms with Crippen molar-refractivity contribution in [2.24, 2.45) is 5.92 Å². The Morgan fingerprint density at radius 1 is 1.15 bits per heavy atom. The van der Waals surface area contributed by atoms with Crippen LogP contribution in [0.2, 0.25) is 0 Å². The lowest BCUT2D eigenvalue weighted by atomic mass is 9.98. The molecule has 1 aromatic carbocycles. The molecule has 1 fully saturated rings. The lowest BCUT2D eigenvalue weighted by Crippen LogP contribution is -2.40. The Balaban J connectivity index is 1.64. The molecule has 3 N–H and O–H groups in total. The molecule has 0 spiro atoms. The molecular formula is C16H17N5O4S. The van der Waals surface area contributed by atoms with E-state index in [0.717, 1.165) is 0 Å². The quantitative estimate of drug-likeness (QED) is 0.707. The number of hydrogen-bond donors (Lipinski definition) is 3. The van der Waals surface area contributed by atoms with E-state index in [9.17, 15) is 18.0 Å². The SMILES string of the molecule is O=C1CCC(C(=O)Nc2ccc(S(=O)(=O)Nc3ncccn3)cc2)CN1. The monoisotopic (exact) mass is 375 g/mol. The molecule has 1 aliphatic rings. The number of nitrogens with zero attached hydrogens (tertiary/aromatic N) is 2. The molecule has 2 aromatic rings. The summed E-state index contributed by atoms with van der Waals surface area (Å²) in [6, 6.07) is 7.33. The van der Waals surface area contributed by atoms with E-state index in [-0.39, 0.29) is 28.6 Å². The summed E-state index contributed by atoms with van der Waals surface area (Å²) in [6.45, 7) is 0.304. The van der Waals surface area contributed by atoms with Crippen molar-refractivity contribution in [3.63, 3.8) is 0 Å². The molecular weight excluding hydrogens is 358 g/mol. The Labute approximate surface area is 150 Å². The highest BCUT2D eigenvalue weighted by molar-refractivity contribution is 7.92. The summed E-state index contributed by atoms with van der Waals surface area (Å²) in [4.78, 5) is 31.0. The molecule has 9 nitrogen and oxygen atoms in total. The maximum atomic E-state index is 12.3. The molecule has 1 unspecified atom stereocenters. The van der Waals surface area contributed by atoms with Crippen molar-refractivity contribution in [3.8, 4) is 0 Å². The van der Waals surface area contributed by atoms with Gasteiger partial charge >= 0.3 is 0 Å². The normalized spacial score (nSPS) is 17.2. The predicted octanol–water partition coefficient (Wildman–Crippen LogP) is 0.742. The van der Waals surface area contributed by atoms with E-state index in [4.69, 9.17) is 0 Å². The van der Waals surface area contributed by atoms with Crippen LogP contribution >= 0.6 is 0 Å². The smallest absolute Gasteiger partial charge is 0.264 e. The first kappa shape index (κ1) is 17.8. The summed E-state index contributed by atoms with van der Waals surface area (Å²) in [5, 5.41) is 5.38. The van der Waals surface area contributed by atoms with Gasteiger partial charge in [0.25, 0.3) is 10.0 Å². The van der Waals surface area contributed by atoms with Gasteiger partial charge in [0.05, 0.1) is 10.8 Å². The highest BCUT2D eigenvalue weighted by atomic mass is 32.2. The van der Waals surface area contributed by atoms with Crippen LogP contribution in [-0.4, -0.2) is 36.7 Å². The van der Waals surface area contributed by atoms with Crippen molar-refractivity contribution in [1.82, 2.24) is 15.3 Å². The average Bonchev–Trinajstić information content (AvgIpc) is 2.63. The minimum atomic E-state index is -3.82. The van der Waals surface area contributed by atoms with Gasteiger partial charge in [0.1, 0.15) is 0 Å². The highest BCUT2D eigenvalue weighted by Crippen LogP contribution is 2.18. The van der Waals surface area contributed by atoms with Crippen LogP contribution in [0.1, 0.15) is 12.8 Å². The van der Waals surface area contributed by atoms with Crippen LogP contribution in [0, 0.1) is 5.92 Å². The number of hydrogen-bond acceptors (Lipinski definition) is 6. The minimum absolute atomic E-state index is 0.0212. The van der Waals surface area contributed by atoms with Crippen molar-refractivity contribution < 1.29 is 18.0 Å². The molecule has 0 radical (unpaired) electrons. The predicted molar refractivity (Wildman–Crippen MR) is 93.6 cm³/mol. The summed E-state index contributed by atoms with van der Waals surface area (Å²) < 4.78 is 26.9. The van der Waals surface area contributed by atoms with E-state index in [0.29, 0.717) is 25.1 Å². The first-order chi connectivity index (χ1) is 12.4. The molecule has 0 bridgehead atoms. The number of sulfonamides is 1. The zero-order valence-corrected chi connectivity index (χ0v) is 14.5. The topological polar surface area (TPSA) is 130 Å². The van der Waals surface area contributed by atoms with E-state index >= 15 is 0 Å². The first-order valence-electron chi connectivity index (χ1n) is 7.91. The first-order valence-corrected chi connectivity index (χ1v) is 9.40. The Kier molecular flexibility index (Phi) is 5.12. The molecule has 1 aliphatic heterocycles. The summed E-state index contributed by atoms with van der Waals surface area (Å²) >= 11 is 0. The number of carbonyl (C=O) groups excluding carboxylic acids is 2. The molecule has 0 saturated carbocycles. The second-order valence-electron chi connectivity index (χ2n) is 5.73. The van der Waals surface area contributed by atoms with Gasteiger partial charge in [-0.1, -0.05) is 0 Å². The zero-order valence-electron chi connectivity index (χ0n) is 13.7. The molecule has 0 aliphatic carbocycles. The third kappa shape index (κ3) is 4.33. The van der Waals surface area contributed by atoms with Gasteiger partial charge in [0, 0.05) is 31.0 Å². The second-order valence-corrected chi connectivity index (χ2v) is 7.41. The van der Waals surface area contributed by atoms with Crippen molar-refractivity contribution in [3.05, 3.63) is 42.7 Å². The van der Waals surface area contributed by atoms with E-state index < -0.39 is 10.0 Å². The molecule has 1 aromatic heterocycles. The largest absolute Gasteiger partial charge is 0.355 e. The van der Waals surface area contributed by atoms with E-state index in [1.165, 1.54) is 36.7 Å². The number of amides is 2. The number of anilines is 2. The van der Waals surface area contributed by atoms with Gasteiger partial charge < -0.3 is 10.6 Å². The fourth-order valence-electron chi connectivity index (χ4n) is 2.45. The van der Waals surface area contributed by atoms with Crippen molar-refractivity contribution in [2.75, 3.05) is 16.6 Å². The average molecular weight is 375 g/mol. The third-order valence-corrected chi connectivity index (χ3v) is 5.20. The number of rotatable bonds is 5. The number of aromatic nitrogens is 2. The fourth-order valence-corrected chi connectivity index (χ4v) is 3.41. The number of benzene rings is 1. The lowest BCUT2D eigenvalue weighted by molar-refractivity contribution is -0.126. The van der Waals surface area contributed by atoms with Crippen molar-refractivity contribution >= 4 is 33.5 Å². The molecule has 26 heavy (non-hydrogen) atoms. The van der Waals surface area contributed by atoms with Gasteiger partial charge in [-0.15, -0.1) is 0 Å². The van der Waals surface area contributed by atoms with E-state index in [1.54, 1.807) is 6.07 Å². The molecule has 136 valence electrons. The Morgan fingerprint density at radius 3 is 2.46 bits per heavy atom. The maximum Gasteiger partial charge on any atom is 0.264 e. The number of carbonyl (C=O) groups is 2. The standard InChI is InChI=1S/C16H17N5O4S/c22-14-7-2-11(10-19-14)15(23)20-12-3-5-13(6-4-12)26(24,25)21-16-17-8-1-9-18-16/h1,3-6,8-9,11H,2,7,10H2,(H,19,22)(H,20,23)(H,17,18,21). The van der Waals surface area contributed by atoms with Gasteiger partial charge in [0.15, 0.2) is 0 Å². The maximum absolute atomic E-state index is 12.3. The summed E-state index contributed by atoms with van der Waals surface area (Å²) in [5.74, 6) is -0.591. The second kappa shape index (κ2) is 7.48. The third-order valence-electron chi connectivity index (χ3n) is 3.86. The minimum Gasteiger partial charge on any atom is -0.355 e. The molecule has 2 amide bonds. The van der Waals surface area contributed by atoms with Gasteiger partial charge in [0.2, 0.25) is 17.8 Å². The highest BCUT2D eigenvalue weighted by Gasteiger charge is 2.24. The Hall–Kier alpha value is -3.01. The van der Waals surface area contributed by atoms with Crippen molar-refractivity contribution in [1.29, 1.82) is 0 Å². The van der Waals surface area contributed by atoms with Crippen LogP contribution in [0.3, 0.4) is 0 Å². The molecule has 1 atom stereocenters. The summed E-state index contributed by atoms with van der Waals surface area (Å²) in [5.41, 5.74) is 0.474. The van der Waals surface area contributed by atoms with Gasteiger partial charge in [-0.25, -0.2) is 23.1 Å². The Morgan fingerprint density at radius 2 is 1.85 bits per heavy atom. The van der Waals surface area contributed by atoms with Crippen molar-refractivity contribution in [2.45, 2.75) is 17.7 Å². The van der Waals surface area contributed by atoms with Crippen LogP contribution in [0.5, 0.6) is 0 Å². The lowest BCUT2D eigenvalue weighted by Gasteiger charge is -2.21. The molecule has 2 heterocycles.